The summed E-state index contributed by atoms with van der Waals surface area (Å²) < 4.78 is 0. The summed E-state index contributed by atoms with van der Waals surface area (Å²) in [5, 5.41) is 9.60. The Morgan fingerprint density at radius 2 is 1.89 bits per heavy atom. The molecule has 0 saturated carbocycles. The summed E-state index contributed by atoms with van der Waals surface area (Å²) in [5.41, 5.74) is 0. The van der Waals surface area contributed by atoms with Crippen LogP contribution in [0.15, 0.2) is 0 Å². The summed E-state index contributed by atoms with van der Waals surface area (Å²) >= 11 is 0. The third-order valence-electron chi connectivity index (χ3n) is 4.57. The van der Waals surface area contributed by atoms with Crippen molar-refractivity contribution in [1.29, 1.82) is 0 Å². The second-order valence-electron chi connectivity index (χ2n) is 6.77. The zero-order valence-electron chi connectivity index (χ0n) is 12.5. The van der Waals surface area contributed by atoms with Crippen molar-refractivity contribution in [2.24, 2.45) is 17.8 Å². The molecule has 2 aliphatic heterocycles. The lowest BCUT2D eigenvalue weighted by molar-refractivity contribution is -0.134. The molecular weight excluding hydrogens is 240 g/mol. The first-order chi connectivity index (χ1) is 8.95. The lowest BCUT2D eigenvalue weighted by Crippen LogP contribution is -2.46. The summed E-state index contributed by atoms with van der Waals surface area (Å²) in [6.07, 6.45) is 1.99. The Kier molecular flexibility index (Phi) is 4.85. The molecule has 0 aromatic carbocycles. The summed E-state index contributed by atoms with van der Waals surface area (Å²) in [6.45, 7) is 10.5. The molecule has 0 aromatic rings. The summed E-state index contributed by atoms with van der Waals surface area (Å²) in [7, 11) is 0. The molecule has 2 rings (SSSR count). The lowest BCUT2D eigenvalue weighted by atomic mass is 9.92. The molecule has 0 aliphatic carbocycles. The van der Waals surface area contributed by atoms with Crippen LogP contribution in [0.25, 0.3) is 0 Å². The average Bonchev–Trinajstić information content (AvgIpc) is 2.76. The van der Waals surface area contributed by atoms with Gasteiger partial charge >= 0.3 is 0 Å². The van der Waals surface area contributed by atoms with Gasteiger partial charge in [0.05, 0.1) is 12.6 Å². The zero-order chi connectivity index (χ0) is 14.0. The van der Waals surface area contributed by atoms with E-state index in [2.05, 4.69) is 18.7 Å². The Bertz CT molecular complexity index is 309. The number of hydrogen-bond donors (Lipinski definition) is 1. The molecule has 110 valence electrons. The predicted molar refractivity (Wildman–Crippen MR) is 75.8 cm³/mol. The molecule has 1 amide bonds. The molecular formula is C15H28N2O2. The van der Waals surface area contributed by atoms with E-state index in [-0.39, 0.29) is 12.0 Å². The van der Waals surface area contributed by atoms with Crippen molar-refractivity contribution in [2.45, 2.75) is 39.7 Å². The van der Waals surface area contributed by atoms with Crippen molar-refractivity contribution in [3.05, 3.63) is 0 Å². The van der Waals surface area contributed by atoms with Gasteiger partial charge in [-0.1, -0.05) is 13.8 Å². The number of likely N-dealkylation sites (tertiary alicyclic amines) is 2. The number of hydrogen-bond acceptors (Lipinski definition) is 3. The molecule has 4 heteroatoms. The van der Waals surface area contributed by atoms with Gasteiger partial charge in [0, 0.05) is 19.6 Å². The number of piperidine rings is 1. The minimum atomic E-state index is -0.255. The molecule has 0 spiro atoms. The van der Waals surface area contributed by atoms with Gasteiger partial charge in [-0.25, -0.2) is 0 Å². The van der Waals surface area contributed by atoms with Gasteiger partial charge in [0.15, 0.2) is 0 Å². The first-order valence-electron chi connectivity index (χ1n) is 7.64. The monoisotopic (exact) mass is 268 g/mol. The molecule has 2 fully saturated rings. The van der Waals surface area contributed by atoms with Gasteiger partial charge in [-0.05, 0) is 44.1 Å². The Balaban J connectivity index is 1.81. The van der Waals surface area contributed by atoms with Crippen LogP contribution in [0.1, 0.15) is 33.6 Å². The van der Waals surface area contributed by atoms with Gasteiger partial charge < -0.3 is 10.0 Å². The van der Waals surface area contributed by atoms with Gasteiger partial charge in [0.2, 0.25) is 5.91 Å². The van der Waals surface area contributed by atoms with Crippen LogP contribution >= 0.6 is 0 Å². The molecule has 2 saturated heterocycles. The minimum absolute atomic E-state index is 0.255. The van der Waals surface area contributed by atoms with E-state index in [1.54, 1.807) is 0 Å². The van der Waals surface area contributed by atoms with Crippen LogP contribution in [0.5, 0.6) is 0 Å². The van der Waals surface area contributed by atoms with E-state index in [4.69, 9.17) is 0 Å². The molecule has 2 aliphatic rings. The Labute approximate surface area is 116 Å². The lowest BCUT2D eigenvalue weighted by Gasteiger charge is -2.35. The Hall–Kier alpha value is -0.610. The number of carbonyl (C=O) groups excluding carboxylic acids is 1. The van der Waals surface area contributed by atoms with Gasteiger partial charge in [-0.3, -0.25) is 9.69 Å². The second kappa shape index (κ2) is 6.23. The van der Waals surface area contributed by atoms with Crippen LogP contribution in [0.4, 0.5) is 0 Å². The van der Waals surface area contributed by atoms with E-state index in [9.17, 15) is 9.90 Å². The fraction of sp³-hybridized carbons (Fsp3) is 0.933. The van der Waals surface area contributed by atoms with Crippen LogP contribution < -0.4 is 0 Å². The number of aliphatic hydroxyl groups is 1. The molecule has 1 N–H and O–H groups in total. The summed E-state index contributed by atoms with van der Waals surface area (Å²) in [5.74, 6) is 1.85. The molecule has 4 atom stereocenters. The van der Waals surface area contributed by atoms with Crippen LogP contribution in [0.2, 0.25) is 0 Å². The van der Waals surface area contributed by atoms with E-state index < -0.39 is 0 Å². The normalized spacial score (nSPS) is 34.5. The fourth-order valence-electron chi connectivity index (χ4n) is 3.56. The standard InChI is InChI=1S/C15H28N2O2/c1-11-6-12(2)8-17(7-11)15(19)10-16-5-4-14(9-16)13(3)18/h11-14,18H,4-10H2,1-3H3. The van der Waals surface area contributed by atoms with Crippen molar-refractivity contribution in [1.82, 2.24) is 9.80 Å². The van der Waals surface area contributed by atoms with E-state index in [0.29, 0.717) is 24.3 Å². The molecule has 4 nitrogen and oxygen atoms in total. The summed E-state index contributed by atoms with van der Waals surface area (Å²) in [4.78, 5) is 16.6. The van der Waals surface area contributed by atoms with Gasteiger partial charge in [-0.15, -0.1) is 0 Å². The van der Waals surface area contributed by atoms with E-state index in [1.807, 2.05) is 11.8 Å². The van der Waals surface area contributed by atoms with Crippen LogP contribution in [0, 0.1) is 17.8 Å². The number of aliphatic hydroxyl groups excluding tert-OH is 1. The van der Waals surface area contributed by atoms with Crippen molar-refractivity contribution in [2.75, 3.05) is 32.7 Å². The third kappa shape index (κ3) is 3.93. The maximum absolute atomic E-state index is 12.3. The molecule has 19 heavy (non-hydrogen) atoms. The highest BCUT2D eigenvalue weighted by molar-refractivity contribution is 5.78. The van der Waals surface area contributed by atoms with Gasteiger partial charge in [-0.2, -0.15) is 0 Å². The third-order valence-corrected chi connectivity index (χ3v) is 4.57. The number of rotatable bonds is 3. The van der Waals surface area contributed by atoms with Gasteiger partial charge in [0.25, 0.3) is 0 Å². The van der Waals surface area contributed by atoms with Crippen molar-refractivity contribution < 1.29 is 9.90 Å². The average molecular weight is 268 g/mol. The molecule has 4 unspecified atom stereocenters. The molecule has 0 aromatic heterocycles. The Morgan fingerprint density at radius 3 is 2.42 bits per heavy atom. The highest BCUT2D eigenvalue weighted by Gasteiger charge is 2.30. The van der Waals surface area contributed by atoms with Crippen LogP contribution in [-0.2, 0) is 4.79 Å². The van der Waals surface area contributed by atoms with Crippen molar-refractivity contribution >= 4 is 5.91 Å². The Morgan fingerprint density at radius 1 is 1.26 bits per heavy atom. The highest BCUT2D eigenvalue weighted by Crippen LogP contribution is 2.23. The molecule has 0 radical (unpaired) electrons. The highest BCUT2D eigenvalue weighted by atomic mass is 16.3. The van der Waals surface area contributed by atoms with Crippen molar-refractivity contribution in [3.8, 4) is 0 Å². The van der Waals surface area contributed by atoms with E-state index in [1.165, 1.54) is 6.42 Å². The first kappa shape index (κ1) is 14.8. The zero-order valence-corrected chi connectivity index (χ0v) is 12.5. The predicted octanol–water partition coefficient (Wildman–Crippen LogP) is 1.19. The van der Waals surface area contributed by atoms with Crippen molar-refractivity contribution in [3.63, 3.8) is 0 Å². The van der Waals surface area contributed by atoms with Crippen LogP contribution in [-0.4, -0.2) is 59.6 Å². The maximum atomic E-state index is 12.3. The maximum Gasteiger partial charge on any atom is 0.236 e. The number of nitrogens with zero attached hydrogens (tertiary/aromatic N) is 2. The van der Waals surface area contributed by atoms with Gasteiger partial charge in [0.1, 0.15) is 0 Å². The first-order valence-corrected chi connectivity index (χ1v) is 7.64. The van der Waals surface area contributed by atoms with E-state index in [0.717, 1.165) is 32.6 Å². The SMILES string of the molecule is CC1CC(C)CN(C(=O)CN2CCC(C(C)O)C2)C1. The number of amides is 1. The van der Waals surface area contributed by atoms with E-state index >= 15 is 0 Å². The fourth-order valence-corrected chi connectivity index (χ4v) is 3.56. The second-order valence-corrected chi connectivity index (χ2v) is 6.77. The quantitative estimate of drug-likeness (QED) is 0.836. The largest absolute Gasteiger partial charge is 0.393 e. The topological polar surface area (TPSA) is 43.8 Å². The minimum Gasteiger partial charge on any atom is -0.393 e. The molecule has 2 heterocycles. The molecule has 0 bridgehead atoms. The van der Waals surface area contributed by atoms with Crippen LogP contribution in [0.3, 0.4) is 0 Å². The summed E-state index contributed by atoms with van der Waals surface area (Å²) in [6, 6.07) is 0. The smallest absolute Gasteiger partial charge is 0.236 e. The number of carbonyl (C=O) groups is 1.